The summed E-state index contributed by atoms with van der Waals surface area (Å²) in [6, 6.07) is 6.46. The van der Waals surface area contributed by atoms with Gasteiger partial charge in [0.15, 0.2) is 5.69 Å². The van der Waals surface area contributed by atoms with Gasteiger partial charge in [-0.25, -0.2) is 10.8 Å². The molecule has 0 bridgehead atoms. The number of hydrogen-bond donors (Lipinski definition) is 3. The summed E-state index contributed by atoms with van der Waals surface area (Å²) in [5, 5.41) is 3.95. The van der Waals surface area contributed by atoms with Crippen molar-refractivity contribution in [2.45, 2.75) is 46.8 Å². The number of carbonyl (C=O) groups is 1. The van der Waals surface area contributed by atoms with Crippen molar-refractivity contribution in [3.63, 3.8) is 0 Å². The van der Waals surface area contributed by atoms with Crippen LogP contribution in [0.25, 0.3) is 0 Å². The quantitative estimate of drug-likeness (QED) is 0.488. The normalized spacial score (nSPS) is 13.8. The Morgan fingerprint density at radius 2 is 1.73 bits per heavy atom. The van der Waals surface area contributed by atoms with Crippen molar-refractivity contribution in [3.05, 3.63) is 59.1 Å². The van der Waals surface area contributed by atoms with Gasteiger partial charge in [0.1, 0.15) is 17.7 Å². The van der Waals surface area contributed by atoms with Crippen LogP contribution in [0.3, 0.4) is 0 Å². The fraction of sp³-hybridized carbons (Fsp3) is 0.400. The summed E-state index contributed by atoms with van der Waals surface area (Å²) in [6.45, 7) is 8.54. The third-order valence-corrected chi connectivity index (χ3v) is 4.66. The van der Waals surface area contributed by atoms with Crippen LogP contribution in [0, 0.1) is 19.8 Å². The number of nitrogens with one attached hydrogen (secondary N) is 1. The standard InChI is InChI=1S/C20H27F3N6O/c1-11(2)17(29(25)15-8-6-12(3)7-9-15)18(24)27-19(30)13(4)28-10-16(20(21,22)23)26-14(28)5/h6-11,13H,24-25H2,1-5H3,(H,27,30)/b18-17+. The van der Waals surface area contributed by atoms with E-state index in [4.69, 9.17) is 11.6 Å². The van der Waals surface area contributed by atoms with E-state index >= 15 is 0 Å². The number of hydrazine groups is 1. The molecule has 0 fully saturated rings. The summed E-state index contributed by atoms with van der Waals surface area (Å²) in [5.74, 6) is 5.60. The van der Waals surface area contributed by atoms with Gasteiger partial charge < -0.3 is 15.6 Å². The summed E-state index contributed by atoms with van der Waals surface area (Å²) in [7, 11) is 0. The SMILES string of the molecule is Cc1ccc(N(N)/C(=C(\N)NC(=O)C(C)n2cc(C(F)(F)F)nc2C)C(C)C)cc1. The Kier molecular flexibility index (Phi) is 6.81. The van der Waals surface area contributed by atoms with Crippen LogP contribution >= 0.6 is 0 Å². The van der Waals surface area contributed by atoms with Crippen molar-refractivity contribution in [3.8, 4) is 0 Å². The van der Waals surface area contributed by atoms with Gasteiger partial charge in [0.2, 0.25) is 5.91 Å². The highest BCUT2D eigenvalue weighted by Crippen LogP contribution is 2.29. The molecule has 1 heterocycles. The van der Waals surface area contributed by atoms with Gasteiger partial charge in [0, 0.05) is 6.20 Å². The highest BCUT2D eigenvalue weighted by molar-refractivity contribution is 5.81. The lowest BCUT2D eigenvalue weighted by Crippen LogP contribution is -2.41. The van der Waals surface area contributed by atoms with E-state index in [0.29, 0.717) is 11.4 Å². The molecule has 1 unspecified atom stereocenters. The van der Waals surface area contributed by atoms with Crippen LogP contribution in [0.2, 0.25) is 0 Å². The lowest BCUT2D eigenvalue weighted by atomic mass is 10.1. The molecule has 2 rings (SSSR count). The van der Waals surface area contributed by atoms with E-state index in [1.165, 1.54) is 18.9 Å². The van der Waals surface area contributed by atoms with Crippen molar-refractivity contribution in [1.82, 2.24) is 14.9 Å². The topological polar surface area (TPSA) is 102 Å². The van der Waals surface area contributed by atoms with Gasteiger partial charge in [0.05, 0.1) is 11.4 Å². The number of amides is 1. The zero-order valence-corrected chi connectivity index (χ0v) is 17.6. The molecule has 1 aromatic carbocycles. The molecule has 0 aliphatic carbocycles. The fourth-order valence-electron chi connectivity index (χ4n) is 3.01. The molecule has 2 aromatic rings. The minimum Gasteiger partial charge on any atom is -0.384 e. The number of aryl methyl sites for hydroxylation is 2. The second kappa shape index (κ2) is 8.78. The fourth-order valence-corrected chi connectivity index (χ4v) is 3.01. The van der Waals surface area contributed by atoms with Crippen molar-refractivity contribution in [2.75, 3.05) is 5.01 Å². The number of rotatable bonds is 6. The molecule has 0 aliphatic rings. The number of allylic oxidation sites excluding steroid dienone is 1. The van der Waals surface area contributed by atoms with Gasteiger partial charge >= 0.3 is 6.18 Å². The minimum atomic E-state index is -4.59. The van der Waals surface area contributed by atoms with E-state index in [2.05, 4.69) is 10.3 Å². The van der Waals surface area contributed by atoms with Crippen LogP contribution < -0.4 is 21.9 Å². The van der Waals surface area contributed by atoms with Gasteiger partial charge in [-0.1, -0.05) is 31.5 Å². The average molecular weight is 424 g/mol. The number of hydrogen-bond acceptors (Lipinski definition) is 5. The van der Waals surface area contributed by atoms with E-state index in [0.717, 1.165) is 16.3 Å². The number of nitrogens with two attached hydrogens (primary N) is 2. The van der Waals surface area contributed by atoms with Crippen LogP contribution in [-0.2, 0) is 11.0 Å². The Labute approximate surface area is 173 Å². The minimum absolute atomic E-state index is 0.0266. The smallest absolute Gasteiger partial charge is 0.384 e. The number of imidazole rings is 1. The van der Waals surface area contributed by atoms with Crippen LogP contribution in [-0.4, -0.2) is 15.5 Å². The Balaban J connectivity index is 2.28. The third kappa shape index (κ3) is 5.12. The second-order valence-electron chi connectivity index (χ2n) is 7.40. The Morgan fingerprint density at radius 3 is 2.20 bits per heavy atom. The lowest BCUT2D eigenvalue weighted by Gasteiger charge is -2.27. The summed E-state index contributed by atoms with van der Waals surface area (Å²) >= 11 is 0. The van der Waals surface area contributed by atoms with Crippen molar-refractivity contribution < 1.29 is 18.0 Å². The van der Waals surface area contributed by atoms with Crippen LogP contribution in [0.15, 0.2) is 42.0 Å². The second-order valence-corrected chi connectivity index (χ2v) is 7.40. The van der Waals surface area contributed by atoms with Crippen LogP contribution in [0.4, 0.5) is 18.9 Å². The predicted octanol–water partition coefficient (Wildman–Crippen LogP) is 3.36. The Morgan fingerprint density at radius 1 is 1.17 bits per heavy atom. The first-order chi connectivity index (χ1) is 13.8. The zero-order chi connectivity index (χ0) is 22.8. The molecule has 1 atom stereocenters. The van der Waals surface area contributed by atoms with Gasteiger partial charge in [-0.3, -0.25) is 9.80 Å². The summed E-state index contributed by atoms with van der Waals surface area (Å²) < 4.78 is 39.9. The largest absolute Gasteiger partial charge is 0.434 e. The molecule has 30 heavy (non-hydrogen) atoms. The number of nitrogens with zero attached hydrogens (tertiary/aromatic N) is 3. The first kappa shape index (κ1) is 23.3. The number of anilines is 1. The number of aromatic nitrogens is 2. The average Bonchev–Trinajstić information content (AvgIpc) is 3.03. The summed E-state index contributed by atoms with van der Waals surface area (Å²) in [5.41, 5.74) is 7.29. The molecular weight excluding hydrogens is 397 g/mol. The predicted molar refractivity (Wildman–Crippen MR) is 109 cm³/mol. The molecular formula is C20H27F3N6O. The van der Waals surface area contributed by atoms with Crippen molar-refractivity contribution >= 4 is 11.6 Å². The summed E-state index contributed by atoms with van der Waals surface area (Å²) in [6.07, 6.45) is -3.78. The highest BCUT2D eigenvalue weighted by atomic mass is 19.4. The molecule has 164 valence electrons. The molecule has 0 saturated carbocycles. The highest BCUT2D eigenvalue weighted by Gasteiger charge is 2.35. The van der Waals surface area contributed by atoms with Crippen LogP contribution in [0.1, 0.15) is 43.9 Å². The molecule has 10 heteroatoms. The Bertz CT molecular complexity index is 931. The summed E-state index contributed by atoms with van der Waals surface area (Å²) in [4.78, 5) is 16.2. The van der Waals surface area contributed by atoms with Gasteiger partial charge in [-0.15, -0.1) is 0 Å². The lowest BCUT2D eigenvalue weighted by molar-refractivity contribution is -0.141. The molecule has 0 radical (unpaired) electrons. The van der Waals surface area contributed by atoms with E-state index in [-0.39, 0.29) is 17.6 Å². The molecule has 1 amide bonds. The van der Waals surface area contributed by atoms with E-state index in [9.17, 15) is 18.0 Å². The van der Waals surface area contributed by atoms with Gasteiger partial charge in [-0.05, 0) is 38.8 Å². The number of halogens is 3. The van der Waals surface area contributed by atoms with E-state index in [1.807, 2.05) is 45.0 Å². The maximum atomic E-state index is 12.9. The first-order valence-electron chi connectivity index (χ1n) is 9.37. The van der Waals surface area contributed by atoms with E-state index < -0.39 is 23.8 Å². The number of benzene rings is 1. The monoisotopic (exact) mass is 424 g/mol. The zero-order valence-electron chi connectivity index (χ0n) is 17.6. The van der Waals surface area contributed by atoms with E-state index in [1.54, 1.807) is 0 Å². The molecule has 1 aromatic heterocycles. The molecule has 5 N–H and O–H groups in total. The molecule has 7 nitrogen and oxygen atoms in total. The molecule has 0 saturated heterocycles. The number of alkyl halides is 3. The van der Waals surface area contributed by atoms with Crippen molar-refractivity contribution in [1.29, 1.82) is 0 Å². The van der Waals surface area contributed by atoms with Crippen LogP contribution in [0.5, 0.6) is 0 Å². The molecule has 0 spiro atoms. The Hall–Kier alpha value is -3.01. The van der Waals surface area contributed by atoms with Gasteiger partial charge in [-0.2, -0.15) is 13.2 Å². The van der Waals surface area contributed by atoms with Gasteiger partial charge in [0.25, 0.3) is 0 Å². The van der Waals surface area contributed by atoms with Crippen molar-refractivity contribution in [2.24, 2.45) is 17.5 Å². The first-order valence-corrected chi connectivity index (χ1v) is 9.37. The maximum Gasteiger partial charge on any atom is 0.434 e. The maximum absolute atomic E-state index is 12.9. The third-order valence-electron chi connectivity index (χ3n) is 4.66. The molecule has 0 aliphatic heterocycles. The number of carbonyl (C=O) groups excluding carboxylic acids is 1.